The molecule has 7 nitrogen and oxygen atoms in total. The summed E-state index contributed by atoms with van der Waals surface area (Å²) in [4.78, 5) is 28.3. The molecule has 1 atom stereocenters. The Morgan fingerprint density at radius 2 is 1.82 bits per heavy atom. The third-order valence-electron chi connectivity index (χ3n) is 6.17. The molecular formula is C28H17ClFN3O4S2. The molecule has 5 aromatic rings. The van der Waals surface area contributed by atoms with Crippen LogP contribution in [-0.4, -0.2) is 27.0 Å². The number of furan rings is 1. The van der Waals surface area contributed by atoms with E-state index in [4.69, 9.17) is 16.0 Å². The van der Waals surface area contributed by atoms with Crippen molar-refractivity contribution in [3.05, 3.63) is 118 Å². The number of fused-ring (bicyclic) bond motifs is 1. The zero-order valence-electron chi connectivity index (χ0n) is 19.9. The van der Waals surface area contributed by atoms with E-state index in [2.05, 4.69) is 10.2 Å². The average Bonchev–Trinajstić information content (AvgIpc) is 3.65. The Kier molecular flexibility index (Phi) is 6.68. The monoisotopic (exact) mass is 577 g/mol. The van der Waals surface area contributed by atoms with Crippen LogP contribution < -0.4 is 4.90 Å². The van der Waals surface area contributed by atoms with E-state index in [9.17, 15) is 19.1 Å². The van der Waals surface area contributed by atoms with Crippen molar-refractivity contribution in [2.45, 2.75) is 16.1 Å². The summed E-state index contributed by atoms with van der Waals surface area (Å²) in [5.41, 5.74) is 1.75. The van der Waals surface area contributed by atoms with E-state index >= 15 is 0 Å². The van der Waals surface area contributed by atoms with Gasteiger partial charge in [-0.25, -0.2) is 4.39 Å². The molecule has 0 saturated heterocycles. The van der Waals surface area contributed by atoms with Crippen molar-refractivity contribution >= 4 is 62.5 Å². The van der Waals surface area contributed by atoms with Crippen LogP contribution in [0.15, 0.2) is 99.0 Å². The summed E-state index contributed by atoms with van der Waals surface area (Å²) < 4.78 is 20.1. The Morgan fingerprint density at radius 3 is 2.56 bits per heavy atom. The second-order valence-corrected chi connectivity index (χ2v) is 11.2. The molecule has 0 saturated carbocycles. The van der Waals surface area contributed by atoms with Crippen molar-refractivity contribution in [3.8, 4) is 0 Å². The molecule has 0 aliphatic carbocycles. The van der Waals surface area contributed by atoms with Gasteiger partial charge in [-0.1, -0.05) is 77.2 Å². The molecule has 1 amide bonds. The number of rotatable bonds is 7. The molecule has 1 aliphatic heterocycles. The summed E-state index contributed by atoms with van der Waals surface area (Å²) >= 11 is 8.53. The molecule has 1 unspecified atom stereocenters. The molecule has 0 fully saturated rings. The molecule has 2 aromatic heterocycles. The first-order chi connectivity index (χ1) is 18.9. The first kappa shape index (κ1) is 25.3. The summed E-state index contributed by atoms with van der Waals surface area (Å²) in [7, 11) is 0. The molecule has 1 N–H and O–H groups in total. The summed E-state index contributed by atoms with van der Waals surface area (Å²) in [6.07, 6.45) is 0. The van der Waals surface area contributed by atoms with Gasteiger partial charge in [-0.05, 0) is 47.5 Å². The largest absolute Gasteiger partial charge is 0.503 e. The Bertz CT molecular complexity index is 1720. The number of Topliss-reactive ketones (excluding diaryl/α,β-unsaturated/α-hetero) is 1. The number of aliphatic hydroxyl groups excluding tert-OH is 1. The molecule has 39 heavy (non-hydrogen) atoms. The number of hydrogen-bond acceptors (Lipinski definition) is 8. The van der Waals surface area contributed by atoms with Crippen molar-refractivity contribution in [1.29, 1.82) is 0 Å². The van der Waals surface area contributed by atoms with Crippen LogP contribution in [0.1, 0.15) is 27.7 Å². The van der Waals surface area contributed by atoms with Gasteiger partial charge in [0.2, 0.25) is 10.9 Å². The minimum absolute atomic E-state index is 0.0315. The van der Waals surface area contributed by atoms with Gasteiger partial charge in [-0.3, -0.25) is 14.5 Å². The van der Waals surface area contributed by atoms with Crippen molar-refractivity contribution < 1.29 is 23.5 Å². The number of anilines is 1. The number of carbonyl (C=O) groups excluding carboxylic acids is 2. The molecule has 0 radical (unpaired) electrons. The molecule has 11 heteroatoms. The predicted octanol–water partition coefficient (Wildman–Crippen LogP) is 7.15. The lowest BCUT2D eigenvalue weighted by molar-refractivity contribution is -0.117. The average molecular weight is 578 g/mol. The number of hydrogen-bond donors (Lipinski definition) is 1. The van der Waals surface area contributed by atoms with E-state index in [-0.39, 0.29) is 16.5 Å². The number of ketones is 1. The number of para-hydroxylation sites is 1. The van der Waals surface area contributed by atoms with Gasteiger partial charge < -0.3 is 9.52 Å². The summed E-state index contributed by atoms with van der Waals surface area (Å²) in [6, 6.07) is 20.4. The van der Waals surface area contributed by atoms with E-state index < -0.39 is 29.3 Å². The fraction of sp³-hybridized carbons (Fsp3) is 0.0714. The third kappa shape index (κ3) is 4.82. The van der Waals surface area contributed by atoms with E-state index in [0.717, 1.165) is 16.9 Å². The molecular weight excluding hydrogens is 561 g/mol. The lowest BCUT2D eigenvalue weighted by Gasteiger charge is -2.23. The topological polar surface area (TPSA) is 96.5 Å². The number of aromatic nitrogens is 2. The minimum atomic E-state index is -1.07. The van der Waals surface area contributed by atoms with Crippen LogP contribution in [0.5, 0.6) is 0 Å². The van der Waals surface area contributed by atoms with E-state index in [1.807, 2.05) is 18.2 Å². The highest BCUT2D eigenvalue weighted by atomic mass is 35.5. The first-order valence-electron chi connectivity index (χ1n) is 11.7. The van der Waals surface area contributed by atoms with Crippen molar-refractivity contribution in [1.82, 2.24) is 10.2 Å². The zero-order valence-corrected chi connectivity index (χ0v) is 22.3. The van der Waals surface area contributed by atoms with Gasteiger partial charge in [-0.15, -0.1) is 10.2 Å². The maximum absolute atomic E-state index is 13.8. The van der Waals surface area contributed by atoms with E-state index in [1.165, 1.54) is 40.9 Å². The number of nitrogens with zero attached hydrogens (tertiary/aromatic N) is 3. The second-order valence-electron chi connectivity index (χ2n) is 8.63. The molecule has 3 heterocycles. The maximum Gasteiger partial charge on any atom is 0.296 e. The molecule has 0 bridgehead atoms. The Balaban J connectivity index is 1.35. The summed E-state index contributed by atoms with van der Waals surface area (Å²) in [5, 5.41) is 20.9. The molecule has 0 spiro atoms. The second kappa shape index (κ2) is 10.3. The number of amides is 1. The number of carbonyl (C=O) groups is 2. The van der Waals surface area contributed by atoms with Gasteiger partial charge in [0.05, 0.1) is 11.6 Å². The van der Waals surface area contributed by atoms with Crippen LogP contribution >= 0.6 is 34.7 Å². The van der Waals surface area contributed by atoms with Crippen molar-refractivity contribution in [3.63, 3.8) is 0 Å². The normalized spacial score (nSPS) is 15.5. The van der Waals surface area contributed by atoms with Crippen LogP contribution in [0.2, 0.25) is 5.02 Å². The quantitative estimate of drug-likeness (QED) is 0.125. The first-order valence-corrected chi connectivity index (χ1v) is 13.8. The summed E-state index contributed by atoms with van der Waals surface area (Å²) in [5.74, 6) is -2.11. The molecule has 1 aliphatic rings. The van der Waals surface area contributed by atoms with Crippen molar-refractivity contribution in [2.75, 3.05) is 4.90 Å². The predicted molar refractivity (Wildman–Crippen MR) is 148 cm³/mol. The van der Waals surface area contributed by atoms with Crippen LogP contribution in [0.4, 0.5) is 9.52 Å². The van der Waals surface area contributed by atoms with Gasteiger partial charge >= 0.3 is 0 Å². The van der Waals surface area contributed by atoms with E-state index in [1.54, 1.807) is 36.4 Å². The number of thioether (sulfide) groups is 1. The molecule has 3 aromatic carbocycles. The lowest BCUT2D eigenvalue weighted by Crippen LogP contribution is -2.31. The molecule has 6 rings (SSSR count). The van der Waals surface area contributed by atoms with Gasteiger partial charge in [-0.2, -0.15) is 0 Å². The Labute approximate surface area is 234 Å². The van der Waals surface area contributed by atoms with Gasteiger partial charge in [0.15, 0.2) is 15.9 Å². The van der Waals surface area contributed by atoms with Gasteiger partial charge in [0, 0.05) is 16.2 Å². The fourth-order valence-electron chi connectivity index (χ4n) is 4.31. The van der Waals surface area contributed by atoms with Crippen LogP contribution in [-0.2, 0) is 10.5 Å². The molecule has 194 valence electrons. The fourth-order valence-corrected chi connectivity index (χ4v) is 6.25. The number of aliphatic hydroxyl groups is 1. The Hall–Kier alpha value is -3.99. The SMILES string of the molecule is O=C(C1=C(O)C(=O)N(c2nnc(SCc3ccc(Cl)cc3)s2)C1c1ccc(F)cc1)c1cc2ccccc2o1. The van der Waals surface area contributed by atoms with E-state index in [0.29, 0.717) is 31.6 Å². The zero-order chi connectivity index (χ0) is 27.1. The smallest absolute Gasteiger partial charge is 0.296 e. The van der Waals surface area contributed by atoms with Crippen LogP contribution in [0, 0.1) is 5.82 Å². The van der Waals surface area contributed by atoms with Gasteiger partial charge in [0.1, 0.15) is 11.4 Å². The van der Waals surface area contributed by atoms with Crippen LogP contribution in [0.25, 0.3) is 11.0 Å². The third-order valence-corrected chi connectivity index (χ3v) is 8.54. The summed E-state index contributed by atoms with van der Waals surface area (Å²) in [6.45, 7) is 0. The maximum atomic E-state index is 13.8. The standard InChI is InChI=1S/C28H17ClFN3O4S2/c29-18-9-5-15(6-10-18)14-38-28-32-31-27(39-28)33-23(16-7-11-19(30)12-8-16)22(25(35)26(33)36)24(34)21-13-17-3-1-2-4-20(17)37-21/h1-13,23,35H,14H2. The van der Waals surface area contributed by atoms with Crippen LogP contribution in [0.3, 0.4) is 0 Å². The Morgan fingerprint density at radius 1 is 1.08 bits per heavy atom. The van der Waals surface area contributed by atoms with Gasteiger partial charge in [0.25, 0.3) is 5.91 Å². The lowest BCUT2D eigenvalue weighted by atomic mass is 9.95. The number of halogens is 2. The number of benzene rings is 3. The highest BCUT2D eigenvalue weighted by Crippen LogP contribution is 2.44. The van der Waals surface area contributed by atoms with Crippen molar-refractivity contribution in [2.24, 2.45) is 0 Å². The highest BCUT2D eigenvalue weighted by Gasteiger charge is 2.46. The minimum Gasteiger partial charge on any atom is -0.503 e. The highest BCUT2D eigenvalue weighted by molar-refractivity contribution is 8.00.